The summed E-state index contributed by atoms with van der Waals surface area (Å²) in [6.07, 6.45) is 3.58. The van der Waals surface area contributed by atoms with Crippen LogP contribution in [0.3, 0.4) is 0 Å². The average molecular weight is 995 g/mol. The van der Waals surface area contributed by atoms with Gasteiger partial charge in [-0.05, 0) is 169 Å². The lowest BCUT2D eigenvalue weighted by atomic mass is 10.0. The van der Waals surface area contributed by atoms with Crippen LogP contribution in [0.2, 0.25) is 0 Å². The molecule has 0 saturated carbocycles. The highest BCUT2D eigenvalue weighted by Crippen LogP contribution is 2.33. The number of ether oxygens (including phenoxy) is 5. The second-order valence-corrected chi connectivity index (χ2v) is 21.4. The number of carbonyl (C=O) groups excluding carboxylic acids is 1. The number of piperidine rings is 2. The minimum atomic E-state index is -0.582. The van der Waals surface area contributed by atoms with Crippen molar-refractivity contribution in [2.24, 2.45) is 0 Å². The van der Waals surface area contributed by atoms with Crippen molar-refractivity contribution >= 4 is 27.9 Å². The summed E-state index contributed by atoms with van der Waals surface area (Å²) < 4.78 is 32.4. The molecule has 0 bridgehead atoms. The zero-order chi connectivity index (χ0) is 51.2. The number of hydrogen-bond acceptors (Lipinski definition) is 11. The van der Waals surface area contributed by atoms with E-state index in [9.17, 15) is 14.4 Å². The first-order chi connectivity index (χ1) is 35.1. The number of aromatic nitrogens is 2. The molecular formula is C59H74N6O8. The number of nitrogens with zero attached hydrogens (tertiary/aromatic N) is 5. The lowest BCUT2D eigenvalue weighted by molar-refractivity contribution is 0.00337. The van der Waals surface area contributed by atoms with Gasteiger partial charge in [0.15, 0.2) is 23.0 Å². The minimum Gasteiger partial charge on any atom is -0.486 e. The number of likely N-dealkylation sites (tertiary alicyclic amines) is 2. The first-order valence-electron chi connectivity index (χ1n) is 26.3. The summed E-state index contributed by atoms with van der Waals surface area (Å²) in [7, 11) is 0. The van der Waals surface area contributed by atoms with E-state index in [1.807, 2.05) is 71.2 Å². The fourth-order valence-electron chi connectivity index (χ4n) is 10.6. The van der Waals surface area contributed by atoms with Gasteiger partial charge in [0.2, 0.25) is 0 Å². The third-order valence-corrected chi connectivity index (χ3v) is 14.7. The predicted octanol–water partition coefficient (Wildman–Crippen LogP) is 9.10. The van der Waals surface area contributed by atoms with E-state index in [0.717, 1.165) is 121 Å². The Morgan fingerprint density at radius 1 is 0.616 bits per heavy atom. The lowest BCUT2D eigenvalue weighted by Crippen LogP contribution is -2.51. The molecule has 388 valence electrons. The fraction of sp³-hybridized carbons (Fsp3) is 0.475. The van der Waals surface area contributed by atoms with E-state index in [4.69, 9.17) is 23.7 Å². The van der Waals surface area contributed by atoms with Crippen molar-refractivity contribution in [3.63, 3.8) is 0 Å². The SMILES string of the molecule is Cc1ccc2ccc(=O)n(CC(C)N3CCC(N(Cc4ccc5c(c4)OCCO5)C(=O)OC(C)(C)C)CC3)c2c1.Cc1ccc2ccc(=O)n(CC(C)N3CCC(NCc4ccc5c(c4)OCCO5)CC3)c2c1. The average Bonchev–Trinajstić information content (AvgIpc) is 3.38. The zero-order valence-corrected chi connectivity index (χ0v) is 43.9. The molecule has 2 unspecified atom stereocenters. The lowest BCUT2D eigenvalue weighted by Gasteiger charge is -2.41. The fourth-order valence-corrected chi connectivity index (χ4v) is 10.6. The highest BCUT2D eigenvalue weighted by atomic mass is 16.6. The highest BCUT2D eigenvalue weighted by molar-refractivity contribution is 5.80. The summed E-state index contributed by atoms with van der Waals surface area (Å²) in [4.78, 5) is 45.7. The molecule has 0 radical (unpaired) electrons. The summed E-state index contributed by atoms with van der Waals surface area (Å²) in [5.74, 6) is 3.15. The Kier molecular flexibility index (Phi) is 16.1. The Morgan fingerprint density at radius 3 is 1.58 bits per heavy atom. The van der Waals surface area contributed by atoms with Crippen molar-refractivity contribution in [2.75, 3.05) is 52.6 Å². The van der Waals surface area contributed by atoms with Crippen molar-refractivity contribution in [1.82, 2.24) is 29.2 Å². The molecule has 4 aliphatic heterocycles. The van der Waals surface area contributed by atoms with Crippen LogP contribution >= 0.6 is 0 Å². The standard InChI is InChI=1S/C32H41N3O5.C27H33N3O3/c1-22-6-8-25-9-11-30(36)35(27(25)18-22)20-23(2)33-14-12-26(13-15-33)34(31(37)40-32(3,4)5)21-24-7-10-28-29(19-24)39-17-16-38-28;1-19-3-5-22-6-8-27(31)30(24(22)15-19)18-20(2)29-11-9-23(10-12-29)28-17-21-4-7-25-26(16-21)33-14-13-32-25/h6-11,18-19,23,26H,12-17,20-21H2,1-5H3;3-8,15-16,20,23,28H,9-14,17-18H2,1-2H3. The van der Waals surface area contributed by atoms with Crippen molar-refractivity contribution < 1.29 is 28.5 Å². The maximum atomic E-state index is 13.4. The summed E-state index contributed by atoms with van der Waals surface area (Å²) in [6, 6.07) is 32.9. The summed E-state index contributed by atoms with van der Waals surface area (Å²) in [5.41, 5.74) is 6.06. The number of carbonyl (C=O) groups is 1. The van der Waals surface area contributed by atoms with Gasteiger partial charge in [-0.25, -0.2) is 4.79 Å². The van der Waals surface area contributed by atoms with Gasteiger partial charge < -0.3 is 43.0 Å². The zero-order valence-electron chi connectivity index (χ0n) is 43.9. The van der Waals surface area contributed by atoms with E-state index in [1.165, 1.54) is 11.1 Å². The summed E-state index contributed by atoms with van der Waals surface area (Å²) in [5, 5.41) is 5.91. The van der Waals surface area contributed by atoms with Crippen LogP contribution in [0, 0.1) is 13.8 Å². The smallest absolute Gasteiger partial charge is 0.410 e. The van der Waals surface area contributed by atoms with Gasteiger partial charge in [0.05, 0.1) is 11.0 Å². The van der Waals surface area contributed by atoms with Crippen LogP contribution in [0.4, 0.5) is 4.79 Å². The molecule has 10 rings (SSSR count). The molecule has 2 saturated heterocycles. The molecule has 2 fully saturated rings. The first kappa shape index (κ1) is 51.5. The van der Waals surface area contributed by atoms with Crippen LogP contribution in [-0.2, 0) is 30.9 Å². The van der Waals surface area contributed by atoms with Crippen LogP contribution in [0.15, 0.2) is 107 Å². The molecule has 2 atom stereocenters. The largest absolute Gasteiger partial charge is 0.486 e. The molecule has 6 heterocycles. The van der Waals surface area contributed by atoms with Crippen molar-refractivity contribution in [3.8, 4) is 23.0 Å². The van der Waals surface area contributed by atoms with E-state index in [1.54, 1.807) is 12.1 Å². The summed E-state index contributed by atoms with van der Waals surface area (Å²) >= 11 is 0. The molecule has 2 aromatic heterocycles. The van der Waals surface area contributed by atoms with E-state index >= 15 is 0 Å². The molecule has 4 aliphatic rings. The molecule has 73 heavy (non-hydrogen) atoms. The van der Waals surface area contributed by atoms with Gasteiger partial charge in [-0.15, -0.1) is 0 Å². The number of fused-ring (bicyclic) bond motifs is 4. The van der Waals surface area contributed by atoms with Crippen LogP contribution in [0.5, 0.6) is 23.0 Å². The van der Waals surface area contributed by atoms with Gasteiger partial charge >= 0.3 is 6.09 Å². The molecule has 0 spiro atoms. The molecule has 14 nitrogen and oxygen atoms in total. The van der Waals surface area contributed by atoms with E-state index in [0.29, 0.717) is 51.6 Å². The van der Waals surface area contributed by atoms with Gasteiger partial charge in [0.1, 0.15) is 32.0 Å². The van der Waals surface area contributed by atoms with Crippen molar-refractivity contribution in [2.45, 2.75) is 130 Å². The second-order valence-electron chi connectivity index (χ2n) is 21.4. The molecule has 0 aliphatic carbocycles. The highest BCUT2D eigenvalue weighted by Gasteiger charge is 2.33. The number of hydrogen-bond donors (Lipinski definition) is 1. The second kappa shape index (κ2) is 22.8. The third-order valence-electron chi connectivity index (χ3n) is 14.7. The van der Waals surface area contributed by atoms with Crippen molar-refractivity contribution in [1.29, 1.82) is 0 Å². The van der Waals surface area contributed by atoms with Gasteiger partial charge in [0, 0.05) is 75.6 Å². The first-order valence-corrected chi connectivity index (χ1v) is 26.3. The molecule has 6 aromatic rings. The Bertz CT molecular complexity index is 3000. The Morgan fingerprint density at radius 2 is 1.07 bits per heavy atom. The number of pyridine rings is 2. The topological polar surface area (TPSA) is 129 Å². The van der Waals surface area contributed by atoms with E-state index in [-0.39, 0.29) is 29.3 Å². The van der Waals surface area contributed by atoms with Gasteiger partial charge in [-0.3, -0.25) is 19.4 Å². The van der Waals surface area contributed by atoms with Gasteiger partial charge in [-0.1, -0.05) is 36.4 Å². The molecule has 4 aromatic carbocycles. The quantitative estimate of drug-likeness (QED) is 0.126. The van der Waals surface area contributed by atoms with Gasteiger partial charge in [-0.2, -0.15) is 0 Å². The maximum absolute atomic E-state index is 13.4. The molecular weight excluding hydrogens is 921 g/mol. The number of aryl methyl sites for hydroxylation is 2. The summed E-state index contributed by atoms with van der Waals surface area (Å²) in [6.45, 7) is 22.9. The number of benzene rings is 4. The molecule has 1 amide bonds. The monoisotopic (exact) mass is 995 g/mol. The number of amides is 1. The Labute approximate surface area is 429 Å². The van der Waals surface area contributed by atoms with E-state index < -0.39 is 5.60 Å². The molecule has 1 N–H and O–H groups in total. The number of nitrogens with one attached hydrogen (secondary N) is 1. The normalized spacial score (nSPS) is 17.4. The Hall–Kier alpha value is -6.35. The minimum absolute atomic E-state index is 0.0235. The van der Waals surface area contributed by atoms with Crippen molar-refractivity contribution in [3.05, 3.63) is 140 Å². The molecule has 14 heteroatoms. The number of rotatable bonds is 12. The van der Waals surface area contributed by atoms with E-state index in [2.05, 4.69) is 91.3 Å². The third kappa shape index (κ3) is 12.9. The predicted molar refractivity (Wildman–Crippen MR) is 287 cm³/mol. The maximum Gasteiger partial charge on any atom is 0.410 e. The van der Waals surface area contributed by atoms with Crippen LogP contribution in [-0.4, -0.2) is 112 Å². The Balaban J connectivity index is 0.000000183. The van der Waals surface area contributed by atoms with Crippen LogP contribution < -0.4 is 35.4 Å². The van der Waals surface area contributed by atoms with Crippen LogP contribution in [0.1, 0.15) is 82.6 Å². The van der Waals surface area contributed by atoms with Crippen LogP contribution in [0.25, 0.3) is 21.8 Å². The van der Waals surface area contributed by atoms with Gasteiger partial charge in [0.25, 0.3) is 11.1 Å².